The number of ether oxygens (including phenoxy) is 1. The zero-order valence-corrected chi connectivity index (χ0v) is 21.7. The lowest BCUT2D eigenvalue weighted by Gasteiger charge is -2.22. The Balaban J connectivity index is 1.51. The monoisotopic (exact) mass is 542 g/mol. The number of aryl methyl sites for hydroxylation is 2. The van der Waals surface area contributed by atoms with E-state index < -0.39 is 22.7 Å². The molecule has 0 radical (unpaired) electrons. The quantitative estimate of drug-likeness (QED) is 0.110. The minimum Gasteiger partial charge on any atom is -0.507 e. The molecule has 3 aromatic carbocycles. The average molecular weight is 543 g/mol. The summed E-state index contributed by atoms with van der Waals surface area (Å²) in [6.45, 7) is 4.07. The molecular formula is C28H22N4O6S. The van der Waals surface area contributed by atoms with Gasteiger partial charge in [-0.05, 0) is 61.4 Å². The highest BCUT2D eigenvalue weighted by atomic mass is 32.1. The lowest BCUT2D eigenvalue weighted by atomic mass is 9.95. The Morgan fingerprint density at radius 3 is 2.38 bits per heavy atom. The highest BCUT2D eigenvalue weighted by Crippen LogP contribution is 2.43. The van der Waals surface area contributed by atoms with Crippen molar-refractivity contribution in [2.24, 2.45) is 0 Å². The van der Waals surface area contributed by atoms with Gasteiger partial charge in [0, 0.05) is 17.7 Å². The van der Waals surface area contributed by atoms with E-state index in [2.05, 4.69) is 10.2 Å². The molecule has 196 valence electrons. The van der Waals surface area contributed by atoms with Crippen molar-refractivity contribution in [1.29, 1.82) is 0 Å². The first-order valence-electron chi connectivity index (χ1n) is 11.9. The third-order valence-electron chi connectivity index (χ3n) is 6.20. The molecule has 0 bridgehead atoms. The molecule has 1 amide bonds. The van der Waals surface area contributed by atoms with Crippen LogP contribution in [0.3, 0.4) is 0 Å². The number of aliphatic hydroxyl groups is 1. The van der Waals surface area contributed by atoms with Gasteiger partial charge in [-0.3, -0.25) is 24.6 Å². The summed E-state index contributed by atoms with van der Waals surface area (Å²) in [6.07, 6.45) is 0. The first-order valence-corrected chi connectivity index (χ1v) is 12.7. The highest BCUT2D eigenvalue weighted by molar-refractivity contribution is 7.15. The Kier molecular flexibility index (Phi) is 6.90. The Labute approximate surface area is 227 Å². The summed E-state index contributed by atoms with van der Waals surface area (Å²) in [5.41, 5.74) is 2.53. The molecule has 1 fully saturated rings. The molecule has 1 aliphatic heterocycles. The van der Waals surface area contributed by atoms with Crippen molar-refractivity contribution in [2.45, 2.75) is 26.5 Å². The fourth-order valence-electron chi connectivity index (χ4n) is 4.34. The minimum atomic E-state index is -1.06. The number of ketones is 1. The van der Waals surface area contributed by atoms with E-state index in [0.717, 1.165) is 22.5 Å². The molecule has 39 heavy (non-hydrogen) atoms. The van der Waals surface area contributed by atoms with Gasteiger partial charge in [0.2, 0.25) is 5.13 Å². The lowest BCUT2D eigenvalue weighted by molar-refractivity contribution is -0.384. The van der Waals surface area contributed by atoms with Gasteiger partial charge in [-0.25, -0.2) is 0 Å². The summed E-state index contributed by atoms with van der Waals surface area (Å²) in [7, 11) is 0. The number of amides is 1. The maximum atomic E-state index is 13.2. The number of aliphatic hydroxyl groups excluding tert-OH is 1. The van der Waals surface area contributed by atoms with Gasteiger partial charge in [0.15, 0.2) is 0 Å². The van der Waals surface area contributed by atoms with Crippen molar-refractivity contribution < 1.29 is 24.4 Å². The van der Waals surface area contributed by atoms with Crippen LogP contribution in [-0.4, -0.2) is 31.9 Å². The molecule has 1 saturated heterocycles. The third-order valence-corrected chi connectivity index (χ3v) is 7.04. The zero-order valence-electron chi connectivity index (χ0n) is 20.9. The first kappa shape index (κ1) is 25.7. The summed E-state index contributed by atoms with van der Waals surface area (Å²) >= 11 is 1.11. The maximum Gasteiger partial charge on any atom is 0.301 e. The fourth-order valence-corrected chi connectivity index (χ4v) is 5.05. The van der Waals surface area contributed by atoms with E-state index in [1.807, 2.05) is 31.2 Å². The van der Waals surface area contributed by atoms with Crippen molar-refractivity contribution in [1.82, 2.24) is 10.2 Å². The molecule has 5 rings (SSSR count). The van der Waals surface area contributed by atoms with Gasteiger partial charge in [0.1, 0.15) is 23.1 Å². The predicted octanol–water partition coefficient (Wildman–Crippen LogP) is 5.27. The third kappa shape index (κ3) is 5.12. The number of nitrogens with zero attached hydrogens (tertiary/aromatic N) is 4. The number of Topliss-reactive ketones (excluding diaryl/α,β-unsaturated/α-hetero) is 1. The number of benzene rings is 3. The highest BCUT2D eigenvalue weighted by Gasteiger charge is 2.48. The second-order valence-corrected chi connectivity index (χ2v) is 10.1. The topological polar surface area (TPSA) is 136 Å². The number of nitro groups is 1. The van der Waals surface area contributed by atoms with Gasteiger partial charge >= 0.3 is 5.91 Å². The van der Waals surface area contributed by atoms with E-state index in [4.69, 9.17) is 4.74 Å². The number of non-ortho nitro benzene ring substituents is 1. The number of carbonyl (C=O) groups is 2. The molecule has 1 unspecified atom stereocenters. The van der Waals surface area contributed by atoms with Gasteiger partial charge in [-0.2, -0.15) is 0 Å². The van der Waals surface area contributed by atoms with E-state index in [0.29, 0.717) is 28.5 Å². The average Bonchev–Trinajstić information content (AvgIpc) is 3.47. The molecule has 11 heteroatoms. The number of hydrogen-bond donors (Lipinski definition) is 1. The van der Waals surface area contributed by atoms with E-state index in [1.165, 1.54) is 29.2 Å². The SMILES string of the molecule is Cc1cccc(COc2ccc(/C(O)=C3/C(=O)C(=O)N(c4nnc(C)s4)C3c3ccc([N+](=O)[O-])cc3)cc2)c1. The summed E-state index contributed by atoms with van der Waals surface area (Å²) < 4.78 is 5.85. The normalized spacial score (nSPS) is 16.5. The Hall–Kier alpha value is -4.90. The predicted molar refractivity (Wildman–Crippen MR) is 144 cm³/mol. The largest absolute Gasteiger partial charge is 0.507 e. The van der Waals surface area contributed by atoms with Gasteiger partial charge in [0.05, 0.1) is 16.5 Å². The van der Waals surface area contributed by atoms with Crippen LogP contribution < -0.4 is 9.64 Å². The fraction of sp³-hybridized carbons (Fsp3) is 0.143. The van der Waals surface area contributed by atoms with Crippen molar-refractivity contribution in [3.63, 3.8) is 0 Å². The molecule has 10 nitrogen and oxygen atoms in total. The molecule has 1 aliphatic rings. The second-order valence-electron chi connectivity index (χ2n) is 8.92. The molecule has 2 heterocycles. The molecular weight excluding hydrogens is 520 g/mol. The molecule has 4 aromatic rings. The van der Waals surface area contributed by atoms with Crippen LogP contribution in [0.1, 0.15) is 33.3 Å². The number of anilines is 1. The van der Waals surface area contributed by atoms with Crippen LogP contribution in [0.4, 0.5) is 10.8 Å². The first-order chi connectivity index (χ1) is 18.7. The van der Waals surface area contributed by atoms with Crippen LogP contribution in [0.25, 0.3) is 5.76 Å². The molecule has 0 saturated carbocycles. The number of carbonyl (C=O) groups excluding carboxylic acids is 2. The van der Waals surface area contributed by atoms with E-state index in [1.54, 1.807) is 31.2 Å². The molecule has 1 aromatic heterocycles. The van der Waals surface area contributed by atoms with Gasteiger partial charge in [0.25, 0.3) is 11.5 Å². The van der Waals surface area contributed by atoms with Gasteiger partial charge < -0.3 is 9.84 Å². The Bertz CT molecular complexity index is 1610. The Morgan fingerprint density at radius 2 is 1.77 bits per heavy atom. The zero-order chi connectivity index (χ0) is 27.7. The van der Waals surface area contributed by atoms with Crippen molar-refractivity contribution >= 4 is 39.6 Å². The van der Waals surface area contributed by atoms with Gasteiger partial charge in [-0.1, -0.05) is 41.2 Å². The van der Waals surface area contributed by atoms with Crippen LogP contribution in [0.15, 0.2) is 78.4 Å². The van der Waals surface area contributed by atoms with Crippen molar-refractivity contribution in [3.05, 3.63) is 116 Å². The van der Waals surface area contributed by atoms with Gasteiger partial charge in [-0.15, -0.1) is 10.2 Å². The lowest BCUT2D eigenvalue weighted by Crippen LogP contribution is -2.29. The number of hydrogen-bond acceptors (Lipinski definition) is 9. The van der Waals surface area contributed by atoms with Crippen LogP contribution in [-0.2, 0) is 16.2 Å². The molecule has 0 aliphatic carbocycles. The number of aromatic nitrogens is 2. The summed E-state index contributed by atoms with van der Waals surface area (Å²) in [5.74, 6) is -1.60. The van der Waals surface area contributed by atoms with Crippen LogP contribution >= 0.6 is 11.3 Å². The molecule has 0 spiro atoms. The van der Waals surface area contributed by atoms with E-state index >= 15 is 0 Å². The van der Waals surface area contributed by atoms with Crippen LogP contribution in [0.2, 0.25) is 0 Å². The molecule has 1 N–H and O–H groups in total. The smallest absolute Gasteiger partial charge is 0.301 e. The number of rotatable bonds is 7. The van der Waals surface area contributed by atoms with Crippen LogP contribution in [0, 0.1) is 24.0 Å². The minimum absolute atomic E-state index is 0.149. The van der Waals surface area contributed by atoms with E-state index in [-0.39, 0.29) is 22.2 Å². The summed E-state index contributed by atoms with van der Waals surface area (Å²) in [5, 5.41) is 31.2. The van der Waals surface area contributed by atoms with Crippen LogP contribution in [0.5, 0.6) is 5.75 Å². The summed E-state index contributed by atoms with van der Waals surface area (Å²) in [4.78, 5) is 38.2. The second kappa shape index (κ2) is 10.5. The van der Waals surface area contributed by atoms with Crippen molar-refractivity contribution in [3.8, 4) is 5.75 Å². The summed E-state index contributed by atoms with van der Waals surface area (Å²) in [6, 6.07) is 18.9. The number of nitro benzene ring substituents is 1. The van der Waals surface area contributed by atoms with Crippen molar-refractivity contribution in [2.75, 3.05) is 4.90 Å². The van der Waals surface area contributed by atoms with E-state index in [9.17, 15) is 24.8 Å². The molecule has 1 atom stereocenters. The maximum absolute atomic E-state index is 13.2. The standard InChI is InChI=1S/C28H22N4O6S/c1-16-4-3-5-18(14-16)15-38-22-12-8-20(9-13-22)25(33)23-24(19-6-10-21(11-7-19)32(36)37)31(27(35)26(23)34)28-30-29-17(2)39-28/h3-14,24,33H,15H2,1-2H3/b25-23-. The Morgan fingerprint density at radius 1 is 1.05 bits per heavy atom.